The number of halogens is 1. The Hall–Kier alpha value is -1.07. The Morgan fingerprint density at radius 1 is 1.61 bits per heavy atom. The molecule has 0 amide bonds. The van der Waals surface area contributed by atoms with E-state index in [0.29, 0.717) is 21.6 Å². The van der Waals surface area contributed by atoms with Gasteiger partial charge >= 0.3 is 5.97 Å². The van der Waals surface area contributed by atoms with Crippen LogP contribution in [0.2, 0.25) is 0 Å². The van der Waals surface area contributed by atoms with Gasteiger partial charge in [-0.1, -0.05) is 6.07 Å². The number of anilines is 1. The van der Waals surface area contributed by atoms with Gasteiger partial charge in [-0.05, 0) is 54.0 Å². The molecule has 0 saturated carbocycles. The quantitative estimate of drug-likeness (QED) is 0.897. The molecule has 1 aromatic carbocycles. The maximum atomic E-state index is 11.2. The molecule has 1 aromatic rings. The Labute approximate surface area is 115 Å². The number of nitrogens with one attached hydrogen (secondary N) is 1. The summed E-state index contributed by atoms with van der Waals surface area (Å²) < 4.78 is 0.614. The van der Waals surface area contributed by atoms with E-state index in [-0.39, 0.29) is 0 Å². The molecule has 98 valence electrons. The zero-order chi connectivity index (χ0) is 13.1. The lowest BCUT2D eigenvalue weighted by Crippen LogP contribution is -2.20. The first-order valence-electron chi connectivity index (χ1n) is 6.02. The van der Waals surface area contributed by atoms with Crippen molar-refractivity contribution in [1.29, 1.82) is 0 Å². The molecule has 0 bridgehead atoms. The molecule has 0 spiro atoms. The molecule has 1 heterocycles. The summed E-state index contributed by atoms with van der Waals surface area (Å²) >= 11 is 3.28. The van der Waals surface area contributed by atoms with Gasteiger partial charge in [0.25, 0.3) is 0 Å². The Bertz CT molecular complexity index is 451. The number of carbonyl (C=O) groups is 1. The molecular formula is C13H17BrN2O2. The largest absolute Gasteiger partial charge is 0.478 e. The molecule has 1 fully saturated rings. The van der Waals surface area contributed by atoms with Crippen molar-refractivity contribution in [2.24, 2.45) is 5.92 Å². The molecule has 1 aliphatic rings. The van der Waals surface area contributed by atoms with Crippen LogP contribution in [0, 0.1) is 5.92 Å². The van der Waals surface area contributed by atoms with Crippen molar-refractivity contribution in [2.45, 2.75) is 6.42 Å². The van der Waals surface area contributed by atoms with E-state index < -0.39 is 5.97 Å². The van der Waals surface area contributed by atoms with Gasteiger partial charge in [-0.25, -0.2) is 4.79 Å². The second-order valence-electron chi connectivity index (χ2n) is 4.77. The minimum Gasteiger partial charge on any atom is -0.478 e. The third kappa shape index (κ3) is 3.03. The Morgan fingerprint density at radius 3 is 3.00 bits per heavy atom. The predicted molar refractivity (Wildman–Crippen MR) is 75.2 cm³/mol. The molecule has 4 nitrogen and oxygen atoms in total. The van der Waals surface area contributed by atoms with E-state index >= 15 is 0 Å². The van der Waals surface area contributed by atoms with E-state index in [4.69, 9.17) is 0 Å². The monoisotopic (exact) mass is 312 g/mol. The summed E-state index contributed by atoms with van der Waals surface area (Å²) in [5, 5.41) is 12.5. The zero-order valence-electron chi connectivity index (χ0n) is 10.3. The highest BCUT2D eigenvalue weighted by molar-refractivity contribution is 9.10. The lowest BCUT2D eigenvalue weighted by molar-refractivity contribution is 0.0697. The number of hydrogen-bond acceptors (Lipinski definition) is 3. The molecule has 1 unspecified atom stereocenters. The molecule has 18 heavy (non-hydrogen) atoms. The van der Waals surface area contributed by atoms with E-state index in [1.807, 2.05) is 12.1 Å². The van der Waals surface area contributed by atoms with Crippen LogP contribution >= 0.6 is 15.9 Å². The second-order valence-corrected chi connectivity index (χ2v) is 5.62. The van der Waals surface area contributed by atoms with E-state index in [9.17, 15) is 9.90 Å². The van der Waals surface area contributed by atoms with E-state index in [1.54, 1.807) is 6.07 Å². The molecule has 2 N–H and O–H groups in total. The smallest absolute Gasteiger partial charge is 0.338 e. The topological polar surface area (TPSA) is 52.6 Å². The number of benzene rings is 1. The molecule has 0 aliphatic carbocycles. The van der Waals surface area contributed by atoms with Crippen LogP contribution in [0.3, 0.4) is 0 Å². The van der Waals surface area contributed by atoms with Crippen LogP contribution in [0.25, 0.3) is 0 Å². The van der Waals surface area contributed by atoms with E-state index in [0.717, 1.165) is 19.6 Å². The van der Waals surface area contributed by atoms with Crippen LogP contribution in [0.4, 0.5) is 5.69 Å². The van der Waals surface area contributed by atoms with Crippen molar-refractivity contribution < 1.29 is 9.90 Å². The van der Waals surface area contributed by atoms with Crippen LogP contribution in [-0.2, 0) is 0 Å². The van der Waals surface area contributed by atoms with E-state index in [2.05, 4.69) is 33.2 Å². The van der Waals surface area contributed by atoms with Gasteiger partial charge in [-0.3, -0.25) is 0 Å². The summed E-state index contributed by atoms with van der Waals surface area (Å²) in [4.78, 5) is 13.5. The van der Waals surface area contributed by atoms with Crippen LogP contribution in [-0.4, -0.2) is 42.7 Å². The standard InChI is InChI=1S/C13H17BrN2O2/c1-16-6-5-9(8-16)7-15-11-4-2-3-10(14)12(11)13(17)18/h2-4,9,15H,5-8H2,1H3,(H,17,18). The molecule has 1 aliphatic heterocycles. The fourth-order valence-corrected chi connectivity index (χ4v) is 2.87. The first-order chi connectivity index (χ1) is 8.58. The maximum absolute atomic E-state index is 11.2. The molecule has 1 atom stereocenters. The second kappa shape index (κ2) is 5.71. The Morgan fingerprint density at radius 2 is 2.39 bits per heavy atom. The van der Waals surface area contributed by atoms with Gasteiger partial charge in [0.05, 0.1) is 5.56 Å². The third-order valence-corrected chi connectivity index (χ3v) is 3.96. The number of aromatic carboxylic acids is 1. The zero-order valence-corrected chi connectivity index (χ0v) is 11.9. The Kier molecular flexibility index (Phi) is 4.24. The van der Waals surface area contributed by atoms with Crippen molar-refractivity contribution in [3.8, 4) is 0 Å². The van der Waals surface area contributed by atoms with Gasteiger partial charge < -0.3 is 15.3 Å². The SMILES string of the molecule is CN1CCC(CNc2cccc(Br)c2C(=O)O)C1. The fraction of sp³-hybridized carbons (Fsp3) is 0.462. The molecule has 2 rings (SSSR count). The van der Waals surface area contributed by atoms with Gasteiger partial charge in [0.15, 0.2) is 0 Å². The predicted octanol–water partition coefficient (Wildman–Crippen LogP) is 2.51. The lowest BCUT2D eigenvalue weighted by Gasteiger charge is -2.15. The van der Waals surface area contributed by atoms with Gasteiger partial charge in [0, 0.05) is 23.2 Å². The van der Waals surface area contributed by atoms with Crippen molar-refractivity contribution in [3.05, 3.63) is 28.2 Å². The Balaban J connectivity index is 2.05. The summed E-state index contributed by atoms with van der Waals surface area (Å²) in [5.41, 5.74) is 0.996. The summed E-state index contributed by atoms with van der Waals surface area (Å²) in [5.74, 6) is -0.316. The minimum absolute atomic E-state index is 0.309. The average Bonchev–Trinajstić information content (AvgIpc) is 2.72. The first-order valence-corrected chi connectivity index (χ1v) is 6.81. The van der Waals surface area contributed by atoms with Gasteiger partial charge in [-0.15, -0.1) is 0 Å². The highest BCUT2D eigenvalue weighted by Gasteiger charge is 2.20. The maximum Gasteiger partial charge on any atom is 0.338 e. The normalized spacial score (nSPS) is 20.0. The summed E-state index contributed by atoms with van der Waals surface area (Å²) in [6.45, 7) is 3.01. The molecule has 0 aromatic heterocycles. The van der Waals surface area contributed by atoms with Crippen molar-refractivity contribution in [3.63, 3.8) is 0 Å². The van der Waals surface area contributed by atoms with Gasteiger partial charge in [0.2, 0.25) is 0 Å². The van der Waals surface area contributed by atoms with Crippen molar-refractivity contribution in [2.75, 3.05) is 32.0 Å². The number of carboxylic acid groups (broad SMARTS) is 1. The molecule has 1 saturated heterocycles. The number of carboxylic acids is 1. The van der Waals surface area contributed by atoms with Crippen LogP contribution in [0.5, 0.6) is 0 Å². The van der Waals surface area contributed by atoms with Crippen LogP contribution < -0.4 is 5.32 Å². The highest BCUT2D eigenvalue weighted by Crippen LogP contribution is 2.25. The lowest BCUT2D eigenvalue weighted by atomic mass is 10.1. The molecular weight excluding hydrogens is 296 g/mol. The summed E-state index contributed by atoms with van der Waals surface area (Å²) in [7, 11) is 2.11. The summed E-state index contributed by atoms with van der Waals surface area (Å²) in [6, 6.07) is 5.41. The highest BCUT2D eigenvalue weighted by atomic mass is 79.9. The van der Waals surface area contributed by atoms with Crippen molar-refractivity contribution in [1.82, 2.24) is 4.90 Å². The first kappa shape index (κ1) is 13.4. The average molecular weight is 313 g/mol. The van der Waals surface area contributed by atoms with Gasteiger partial charge in [0.1, 0.15) is 0 Å². The molecule has 0 radical (unpaired) electrons. The number of likely N-dealkylation sites (tertiary alicyclic amines) is 1. The third-order valence-electron chi connectivity index (χ3n) is 3.30. The molecule has 5 heteroatoms. The van der Waals surface area contributed by atoms with Crippen molar-refractivity contribution >= 4 is 27.6 Å². The number of nitrogens with zero attached hydrogens (tertiary/aromatic N) is 1. The number of hydrogen-bond donors (Lipinski definition) is 2. The van der Waals surface area contributed by atoms with Crippen LogP contribution in [0.15, 0.2) is 22.7 Å². The number of rotatable bonds is 4. The fourth-order valence-electron chi connectivity index (χ4n) is 2.34. The van der Waals surface area contributed by atoms with Gasteiger partial charge in [-0.2, -0.15) is 0 Å². The minimum atomic E-state index is -0.909. The summed E-state index contributed by atoms with van der Waals surface area (Å²) in [6.07, 6.45) is 1.17. The van der Waals surface area contributed by atoms with E-state index in [1.165, 1.54) is 6.42 Å². The van der Waals surface area contributed by atoms with Crippen LogP contribution in [0.1, 0.15) is 16.8 Å².